The van der Waals surface area contributed by atoms with Crippen LogP contribution in [0.25, 0.3) is 0 Å². The Balaban J connectivity index is 1.38. The molecular weight excluding hydrogens is 294 g/mol. The Hall–Kier alpha value is -1.70. The Morgan fingerprint density at radius 2 is 2.24 bits per heavy atom. The average molecular weight is 311 g/mol. The Bertz CT molecular complexity index is 661. The quantitative estimate of drug-likeness (QED) is 0.823. The lowest BCUT2D eigenvalue weighted by Gasteiger charge is -2.06. The van der Waals surface area contributed by atoms with Crippen LogP contribution in [0, 0.1) is 5.92 Å². The van der Waals surface area contributed by atoms with Gasteiger partial charge in [0.1, 0.15) is 0 Å². The first kappa shape index (κ1) is 14.2. The first-order valence-corrected chi connectivity index (χ1v) is 8.73. The van der Waals surface area contributed by atoms with Crippen LogP contribution >= 0.6 is 0 Å². The SMILES string of the molecule is O=C(C[C@@H]1C=CS(=O)(=O)C1)NCCc1nc(C2CC2)no1. The molecule has 0 radical (unpaired) electrons. The summed E-state index contributed by atoms with van der Waals surface area (Å²) >= 11 is 0. The topological polar surface area (TPSA) is 102 Å². The zero-order valence-electron chi connectivity index (χ0n) is 11.5. The molecule has 1 atom stereocenters. The first-order valence-electron chi connectivity index (χ1n) is 7.02. The molecule has 8 heteroatoms. The second kappa shape index (κ2) is 5.59. The lowest BCUT2D eigenvalue weighted by Crippen LogP contribution is -2.28. The van der Waals surface area contributed by atoms with Crippen molar-refractivity contribution in [3.8, 4) is 0 Å². The van der Waals surface area contributed by atoms with Gasteiger partial charge in [0.25, 0.3) is 0 Å². The van der Waals surface area contributed by atoms with Gasteiger partial charge in [-0.3, -0.25) is 4.79 Å². The van der Waals surface area contributed by atoms with Gasteiger partial charge in [0, 0.05) is 36.6 Å². The van der Waals surface area contributed by atoms with Gasteiger partial charge in [0.05, 0.1) is 5.75 Å². The van der Waals surface area contributed by atoms with Gasteiger partial charge < -0.3 is 9.84 Å². The number of hydrogen-bond donors (Lipinski definition) is 1. The molecule has 0 aromatic carbocycles. The van der Waals surface area contributed by atoms with Crippen LogP contribution in [-0.2, 0) is 21.1 Å². The van der Waals surface area contributed by atoms with Crippen molar-refractivity contribution in [3.05, 3.63) is 23.2 Å². The van der Waals surface area contributed by atoms with E-state index in [4.69, 9.17) is 4.52 Å². The van der Waals surface area contributed by atoms with E-state index in [2.05, 4.69) is 15.5 Å². The molecular formula is C13H17N3O4S. The summed E-state index contributed by atoms with van der Waals surface area (Å²) in [6.45, 7) is 0.411. The summed E-state index contributed by atoms with van der Waals surface area (Å²) in [6, 6.07) is 0. The summed E-state index contributed by atoms with van der Waals surface area (Å²) in [5, 5.41) is 7.83. The zero-order chi connectivity index (χ0) is 14.9. The van der Waals surface area contributed by atoms with Gasteiger partial charge in [-0.15, -0.1) is 0 Å². The zero-order valence-corrected chi connectivity index (χ0v) is 12.3. The van der Waals surface area contributed by atoms with E-state index in [1.807, 2.05) is 0 Å². The van der Waals surface area contributed by atoms with Crippen LogP contribution in [0.1, 0.15) is 36.9 Å². The Morgan fingerprint density at radius 3 is 2.90 bits per heavy atom. The molecule has 1 aromatic rings. The predicted octanol–water partition coefficient (Wildman–Crippen LogP) is 0.554. The molecule has 1 saturated carbocycles. The molecule has 2 aliphatic rings. The smallest absolute Gasteiger partial charge is 0.228 e. The van der Waals surface area contributed by atoms with E-state index < -0.39 is 9.84 Å². The maximum atomic E-state index is 11.7. The van der Waals surface area contributed by atoms with Gasteiger partial charge in [0.15, 0.2) is 15.7 Å². The number of nitrogens with zero attached hydrogens (tertiary/aromatic N) is 2. The molecule has 1 aliphatic heterocycles. The predicted molar refractivity (Wildman–Crippen MR) is 74.0 cm³/mol. The second-order valence-corrected chi connectivity index (χ2v) is 7.47. The summed E-state index contributed by atoms with van der Waals surface area (Å²) in [7, 11) is -3.10. The molecule has 0 unspecified atom stereocenters. The van der Waals surface area contributed by atoms with E-state index in [0.29, 0.717) is 24.8 Å². The van der Waals surface area contributed by atoms with Crippen LogP contribution in [0.2, 0.25) is 0 Å². The Labute approximate surface area is 122 Å². The number of carbonyl (C=O) groups is 1. The number of allylic oxidation sites excluding steroid dienone is 1. The van der Waals surface area contributed by atoms with E-state index in [9.17, 15) is 13.2 Å². The summed E-state index contributed by atoms with van der Waals surface area (Å²) in [5.74, 6) is 1.38. The number of sulfone groups is 1. The molecule has 0 saturated heterocycles. The van der Waals surface area contributed by atoms with Gasteiger partial charge in [-0.1, -0.05) is 11.2 Å². The molecule has 1 aromatic heterocycles. The van der Waals surface area contributed by atoms with Gasteiger partial charge >= 0.3 is 0 Å². The molecule has 114 valence electrons. The van der Waals surface area contributed by atoms with E-state index in [0.717, 1.165) is 18.7 Å². The van der Waals surface area contributed by atoms with Gasteiger partial charge in [-0.25, -0.2) is 8.42 Å². The maximum absolute atomic E-state index is 11.7. The molecule has 21 heavy (non-hydrogen) atoms. The van der Waals surface area contributed by atoms with Gasteiger partial charge in [-0.05, 0) is 12.8 Å². The highest BCUT2D eigenvalue weighted by Gasteiger charge is 2.28. The second-order valence-electron chi connectivity index (χ2n) is 5.54. The number of aromatic nitrogens is 2. The van der Waals surface area contributed by atoms with Gasteiger partial charge in [-0.2, -0.15) is 4.98 Å². The number of hydrogen-bond acceptors (Lipinski definition) is 6. The summed E-state index contributed by atoms with van der Waals surface area (Å²) < 4.78 is 27.6. The minimum absolute atomic E-state index is 0.0226. The van der Waals surface area contributed by atoms with Crippen LogP contribution in [0.5, 0.6) is 0 Å². The monoisotopic (exact) mass is 311 g/mol. The summed E-state index contributed by atoms with van der Waals surface area (Å²) in [4.78, 5) is 16.0. The molecule has 0 bridgehead atoms. The highest BCUT2D eigenvalue weighted by Crippen LogP contribution is 2.38. The maximum Gasteiger partial charge on any atom is 0.228 e. The standard InChI is InChI=1S/C13H17N3O4S/c17-11(7-9-4-6-21(18,19)8-9)14-5-3-12-15-13(16-20-12)10-1-2-10/h4,6,9-10H,1-3,5,7-8H2,(H,14,17)/t9-/m0/s1. The molecule has 0 spiro atoms. The molecule has 2 heterocycles. The van der Waals surface area contributed by atoms with E-state index >= 15 is 0 Å². The van der Waals surface area contributed by atoms with E-state index in [1.54, 1.807) is 6.08 Å². The van der Waals surface area contributed by atoms with Crippen molar-refractivity contribution in [1.82, 2.24) is 15.5 Å². The third kappa shape index (κ3) is 3.90. The van der Waals surface area contributed by atoms with Crippen LogP contribution in [0.3, 0.4) is 0 Å². The number of rotatable bonds is 6. The minimum Gasteiger partial charge on any atom is -0.356 e. The number of nitrogens with one attached hydrogen (secondary N) is 1. The highest BCUT2D eigenvalue weighted by molar-refractivity contribution is 7.94. The van der Waals surface area contributed by atoms with E-state index in [-0.39, 0.29) is 24.0 Å². The molecule has 7 nitrogen and oxygen atoms in total. The third-order valence-corrected chi connectivity index (χ3v) is 5.00. The lowest BCUT2D eigenvalue weighted by atomic mass is 10.1. The fourth-order valence-corrected chi connectivity index (χ4v) is 3.66. The van der Waals surface area contributed by atoms with Crippen LogP contribution in [0.4, 0.5) is 0 Å². The average Bonchev–Trinajstić information content (AvgIpc) is 3.06. The normalized spacial score (nSPS) is 23.3. The van der Waals surface area contributed by atoms with Crippen LogP contribution < -0.4 is 5.32 Å². The molecule has 1 amide bonds. The van der Waals surface area contributed by atoms with Crippen molar-refractivity contribution in [1.29, 1.82) is 0 Å². The van der Waals surface area contributed by atoms with Crippen LogP contribution in [-0.4, -0.2) is 36.8 Å². The Morgan fingerprint density at radius 1 is 1.43 bits per heavy atom. The Kier molecular flexibility index (Phi) is 3.79. The van der Waals surface area contributed by atoms with Crippen molar-refractivity contribution in [2.45, 2.75) is 31.6 Å². The summed E-state index contributed by atoms with van der Waals surface area (Å²) in [5.41, 5.74) is 0. The highest BCUT2D eigenvalue weighted by atomic mass is 32.2. The summed E-state index contributed by atoms with van der Waals surface area (Å²) in [6.07, 6.45) is 4.49. The van der Waals surface area contributed by atoms with Crippen molar-refractivity contribution < 1.29 is 17.7 Å². The van der Waals surface area contributed by atoms with Crippen molar-refractivity contribution >= 4 is 15.7 Å². The van der Waals surface area contributed by atoms with Crippen LogP contribution in [0.15, 0.2) is 16.0 Å². The molecule has 1 aliphatic carbocycles. The first-order chi connectivity index (χ1) is 10.0. The fraction of sp³-hybridized carbons (Fsp3) is 0.615. The van der Waals surface area contributed by atoms with E-state index in [1.165, 1.54) is 5.41 Å². The molecule has 1 fully saturated rings. The van der Waals surface area contributed by atoms with Crippen molar-refractivity contribution in [2.75, 3.05) is 12.3 Å². The largest absolute Gasteiger partial charge is 0.356 e. The third-order valence-electron chi connectivity index (χ3n) is 3.54. The number of carbonyl (C=O) groups excluding carboxylic acids is 1. The number of amides is 1. The van der Waals surface area contributed by atoms with Crippen molar-refractivity contribution in [2.24, 2.45) is 5.92 Å². The van der Waals surface area contributed by atoms with Crippen molar-refractivity contribution in [3.63, 3.8) is 0 Å². The van der Waals surface area contributed by atoms with Gasteiger partial charge in [0.2, 0.25) is 11.8 Å². The molecule has 1 N–H and O–H groups in total. The minimum atomic E-state index is -3.10. The lowest BCUT2D eigenvalue weighted by molar-refractivity contribution is -0.121. The molecule has 3 rings (SSSR count). The fourth-order valence-electron chi connectivity index (χ4n) is 2.26.